The summed E-state index contributed by atoms with van der Waals surface area (Å²) in [6.07, 6.45) is 2.43. The minimum atomic E-state index is -0.321. The quantitative estimate of drug-likeness (QED) is 0.822. The van der Waals surface area contributed by atoms with Crippen LogP contribution >= 0.6 is 23.2 Å². The first-order chi connectivity index (χ1) is 11.0. The van der Waals surface area contributed by atoms with Gasteiger partial charge in [0.1, 0.15) is 0 Å². The third-order valence-corrected chi connectivity index (χ3v) is 4.59. The van der Waals surface area contributed by atoms with Crippen LogP contribution in [0.3, 0.4) is 0 Å². The fourth-order valence-electron chi connectivity index (χ4n) is 2.58. The van der Waals surface area contributed by atoms with Crippen molar-refractivity contribution in [2.45, 2.75) is 19.3 Å². The van der Waals surface area contributed by atoms with Crippen molar-refractivity contribution in [3.63, 3.8) is 0 Å². The molecule has 2 amide bonds. The molecule has 1 unspecified atom stereocenters. The summed E-state index contributed by atoms with van der Waals surface area (Å²) in [5.74, 6) is 0.207. The lowest BCUT2D eigenvalue weighted by Gasteiger charge is -2.18. The number of hydrogen-bond acceptors (Lipinski definition) is 3. The maximum Gasteiger partial charge on any atom is 0.244 e. The van der Waals surface area contributed by atoms with Crippen molar-refractivity contribution in [3.05, 3.63) is 28.2 Å². The van der Waals surface area contributed by atoms with Gasteiger partial charge in [-0.15, -0.1) is 0 Å². The molecule has 1 atom stereocenters. The van der Waals surface area contributed by atoms with E-state index in [2.05, 4.69) is 10.6 Å². The Kier molecular flexibility index (Phi) is 6.69. The normalized spacial score (nSPS) is 17.1. The number of amides is 2. The molecule has 0 saturated carbocycles. The topological polar surface area (TPSA) is 61.4 Å². The maximum absolute atomic E-state index is 12.1. The molecule has 0 radical (unpaired) electrons. The van der Waals surface area contributed by atoms with Crippen molar-refractivity contribution in [2.24, 2.45) is 5.92 Å². The van der Waals surface area contributed by atoms with Gasteiger partial charge in [0.15, 0.2) is 0 Å². The second-order valence-corrected chi connectivity index (χ2v) is 6.61. The highest BCUT2D eigenvalue weighted by Crippen LogP contribution is 2.29. The number of benzene rings is 1. The molecule has 1 saturated heterocycles. The molecule has 1 aliphatic rings. The van der Waals surface area contributed by atoms with Gasteiger partial charge in [-0.05, 0) is 44.0 Å². The monoisotopic (exact) mass is 357 g/mol. The number of para-hydroxylation sites is 1. The van der Waals surface area contributed by atoms with E-state index in [-0.39, 0.29) is 18.4 Å². The van der Waals surface area contributed by atoms with Crippen LogP contribution < -0.4 is 10.6 Å². The number of halogens is 2. The van der Waals surface area contributed by atoms with Gasteiger partial charge in [-0.2, -0.15) is 0 Å². The summed E-state index contributed by atoms with van der Waals surface area (Å²) in [5.41, 5.74) is 0.374. The fourth-order valence-corrected chi connectivity index (χ4v) is 3.07. The first-order valence-electron chi connectivity index (χ1n) is 7.66. The number of likely N-dealkylation sites (N-methyl/N-ethyl adjacent to an activating group) is 1. The summed E-state index contributed by atoms with van der Waals surface area (Å²) in [7, 11) is 1.63. The molecule has 1 fully saturated rings. The molecule has 2 rings (SSSR count). The van der Waals surface area contributed by atoms with Gasteiger partial charge < -0.3 is 15.5 Å². The maximum atomic E-state index is 12.1. The molecule has 7 heteroatoms. The SMILES string of the molecule is CN(CC(=O)Nc1c(Cl)cccc1Cl)C(=O)CCC1CCNC1. The number of carbonyl (C=O) groups excluding carboxylic acids is 2. The molecule has 0 aliphatic carbocycles. The summed E-state index contributed by atoms with van der Waals surface area (Å²) in [4.78, 5) is 25.6. The molecule has 1 aliphatic heterocycles. The highest BCUT2D eigenvalue weighted by Gasteiger charge is 2.19. The fraction of sp³-hybridized carbons (Fsp3) is 0.500. The number of nitrogens with one attached hydrogen (secondary N) is 2. The zero-order valence-corrected chi connectivity index (χ0v) is 14.6. The van der Waals surface area contributed by atoms with Gasteiger partial charge in [0.05, 0.1) is 22.3 Å². The summed E-state index contributed by atoms with van der Waals surface area (Å²) < 4.78 is 0. The predicted molar refractivity (Wildman–Crippen MR) is 92.9 cm³/mol. The minimum absolute atomic E-state index is 0.0245. The van der Waals surface area contributed by atoms with E-state index in [1.54, 1.807) is 25.2 Å². The van der Waals surface area contributed by atoms with Gasteiger partial charge >= 0.3 is 0 Å². The molecule has 1 aromatic rings. The van der Waals surface area contributed by atoms with Gasteiger partial charge in [0.25, 0.3) is 0 Å². The zero-order valence-electron chi connectivity index (χ0n) is 13.1. The van der Waals surface area contributed by atoms with Crippen LogP contribution in [0, 0.1) is 5.92 Å². The van der Waals surface area contributed by atoms with E-state index in [9.17, 15) is 9.59 Å². The van der Waals surface area contributed by atoms with Crippen LogP contribution in [0.4, 0.5) is 5.69 Å². The van der Waals surface area contributed by atoms with E-state index in [1.807, 2.05) is 0 Å². The standard InChI is InChI=1S/C16H21Cl2N3O2/c1-21(15(23)6-5-11-7-8-19-9-11)10-14(22)20-16-12(17)3-2-4-13(16)18/h2-4,11,19H,5-10H2,1H3,(H,20,22). The van der Waals surface area contributed by atoms with E-state index < -0.39 is 0 Å². The summed E-state index contributed by atoms with van der Waals surface area (Å²) in [6, 6.07) is 4.99. The van der Waals surface area contributed by atoms with E-state index >= 15 is 0 Å². The smallest absolute Gasteiger partial charge is 0.244 e. The second kappa shape index (κ2) is 8.52. The first-order valence-corrected chi connectivity index (χ1v) is 8.41. The van der Waals surface area contributed by atoms with E-state index in [0.717, 1.165) is 25.9 Å². The Balaban J connectivity index is 1.80. The Morgan fingerprint density at radius 1 is 1.35 bits per heavy atom. The van der Waals surface area contributed by atoms with Crippen molar-refractivity contribution in [3.8, 4) is 0 Å². The Hall–Kier alpha value is -1.30. The van der Waals surface area contributed by atoms with Crippen molar-refractivity contribution in [1.82, 2.24) is 10.2 Å². The van der Waals surface area contributed by atoms with Gasteiger partial charge in [-0.1, -0.05) is 29.3 Å². The van der Waals surface area contributed by atoms with Crippen LogP contribution in [0.1, 0.15) is 19.3 Å². The first kappa shape index (κ1) is 18.0. The van der Waals surface area contributed by atoms with Crippen LogP contribution in [-0.2, 0) is 9.59 Å². The zero-order chi connectivity index (χ0) is 16.8. The lowest BCUT2D eigenvalue weighted by Crippen LogP contribution is -2.35. The number of rotatable bonds is 6. The van der Waals surface area contributed by atoms with Crippen molar-refractivity contribution in [1.29, 1.82) is 0 Å². The highest BCUT2D eigenvalue weighted by atomic mass is 35.5. The lowest BCUT2D eigenvalue weighted by atomic mass is 10.0. The lowest BCUT2D eigenvalue weighted by molar-refractivity contribution is -0.133. The number of carbonyl (C=O) groups is 2. The van der Waals surface area contributed by atoms with Gasteiger partial charge in [0, 0.05) is 13.5 Å². The Morgan fingerprint density at radius 2 is 2.04 bits per heavy atom. The van der Waals surface area contributed by atoms with Gasteiger partial charge in [-0.3, -0.25) is 9.59 Å². The molecular weight excluding hydrogens is 337 g/mol. The molecular formula is C16H21Cl2N3O2. The average Bonchev–Trinajstić information content (AvgIpc) is 3.02. The molecule has 1 aromatic carbocycles. The van der Waals surface area contributed by atoms with E-state index in [4.69, 9.17) is 23.2 Å². The molecule has 0 aromatic heterocycles. The molecule has 0 spiro atoms. The third kappa shape index (κ3) is 5.37. The van der Waals surface area contributed by atoms with Gasteiger partial charge in [0.2, 0.25) is 11.8 Å². The summed E-state index contributed by atoms with van der Waals surface area (Å²) in [5, 5.41) is 6.67. The summed E-state index contributed by atoms with van der Waals surface area (Å²) in [6.45, 7) is 1.97. The van der Waals surface area contributed by atoms with Crippen molar-refractivity contribution >= 4 is 40.7 Å². The van der Waals surface area contributed by atoms with Crippen molar-refractivity contribution in [2.75, 3.05) is 32.0 Å². The molecule has 1 heterocycles. The number of nitrogens with zero attached hydrogens (tertiary/aromatic N) is 1. The van der Waals surface area contributed by atoms with E-state index in [1.165, 1.54) is 4.90 Å². The average molecular weight is 358 g/mol. The predicted octanol–water partition coefficient (Wildman–Crippen LogP) is 2.78. The van der Waals surface area contributed by atoms with Gasteiger partial charge in [-0.25, -0.2) is 0 Å². The Bertz CT molecular complexity index is 554. The molecule has 126 valence electrons. The molecule has 2 N–H and O–H groups in total. The largest absolute Gasteiger partial charge is 0.336 e. The van der Waals surface area contributed by atoms with Crippen molar-refractivity contribution < 1.29 is 9.59 Å². The Morgan fingerprint density at radius 3 is 2.65 bits per heavy atom. The second-order valence-electron chi connectivity index (χ2n) is 5.79. The third-order valence-electron chi connectivity index (χ3n) is 3.96. The molecule has 5 nitrogen and oxygen atoms in total. The highest BCUT2D eigenvalue weighted by molar-refractivity contribution is 6.39. The minimum Gasteiger partial charge on any atom is -0.336 e. The summed E-state index contributed by atoms with van der Waals surface area (Å²) >= 11 is 12.0. The van der Waals surface area contributed by atoms with Crippen LogP contribution in [0.5, 0.6) is 0 Å². The Labute approximate surface area is 146 Å². The molecule has 0 bridgehead atoms. The van der Waals surface area contributed by atoms with Crippen LogP contribution in [0.2, 0.25) is 10.0 Å². The number of hydrogen-bond donors (Lipinski definition) is 2. The van der Waals surface area contributed by atoms with Crippen LogP contribution in [0.25, 0.3) is 0 Å². The van der Waals surface area contributed by atoms with Crippen LogP contribution in [-0.4, -0.2) is 43.4 Å². The van der Waals surface area contributed by atoms with E-state index in [0.29, 0.717) is 28.1 Å². The van der Waals surface area contributed by atoms with Crippen LogP contribution in [0.15, 0.2) is 18.2 Å². The number of anilines is 1. The molecule has 23 heavy (non-hydrogen) atoms.